The number of likely N-dealkylation sites (N-methyl/N-ethyl adjacent to an activating group) is 1. The van der Waals surface area contributed by atoms with E-state index in [-0.39, 0.29) is 5.54 Å². The molecule has 0 amide bonds. The second-order valence-electron chi connectivity index (χ2n) is 3.73. The fourth-order valence-corrected chi connectivity index (χ4v) is 2.22. The molecule has 0 aliphatic carbocycles. The number of ketones is 1. The zero-order valence-corrected chi connectivity index (χ0v) is 8.39. The summed E-state index contributed by atoms with van der Waals surface area (Å²) in [6.07, 6.45) is 2.90. The Balaban J connectivity index is 2.74. The molecular weight excluding hydrogens is 150 g/mol. The lowest BCUT2D eigenvalue weighted by Crippen LogP contribution is -2.47. The van der Waals surface area contributed by atoms with Crippen LogP contribution >= 0.6 is 0 Å². The van der Waals surface area contributed by atoms with E-state index < -0.39 is 0 Å². The molecule has 0 aromatic rings. The Morgan fingerprint density at radius 1 is 1.50 bits per heavy atom. The van der Waals surface area contributed by atoms with Gasteiger partial charge in [0, 0.05) is 6.42 Å². The standard InChI is InChI=1S/C10H19NO/c1-4-9(12)10(3)7-6-8-11(10)5-2/h4-8H2,1-3H3. The van der Waals surface area contributed by atoms with E-state index in [1.165, 1.54) is 6.42 Å². The molecule has 1 aliphatic heterocycles. The Morgan fingerprint density at radius 3 is 2.67 bits per heavy atom. The van der Waals surface area contributed by atoms with Crippen LogP contribution in [0.25, 0.3) is 0 Å². The molecule has 0 bridgehead atoms. The number of hydrogen-bond donors (Lipinski definition) is 0. The van der Waals surface area contributed by atoms with E-state index in [1.807, 2.05) is 6.92 Å². The molecule has 1 fully saturated rings. The third-order valence-corrected chi connectivity index (χ3v) is 3.09. The molecule has 1 saturated heterocycles. The summed E-state index contributed by atoms with van der Waals surface area (Å²) < 4.78 is 0. The van der Waals surface area contributed by atoms with Crippen LogP contribution in [0.15, 0.2) is 0 Å². The van der Waals surface area contributed by atoms with Crippen molar-refractivity contribution in [3.8, 4) is 0 Å². The summed E-state index contributed by atoms with van der Waals surface area (Å²) in [5.74, 6) is 0.404. The molecule has 0 N–H and O–H groups in total. The third kappa shape index (κ3) is 1.40. The molecule has 2 heteroatoms. The van der Waals surface area contributed by atoms with Crippen LogP contribution in [0.5, 0.6) is 0 Å². The number of Topliss-reactive ketones (excluding diaryl/α,β-unsaturated/α-hetero) is 1. The summed E-state index contributed by atoms with van der Waals surface area (Å²) in [6.45, 7) is 8.28. The number of nitrogens with zero attached hydrogens (tertiary/aromatic N) is 1. The van der Waals surface area contributed by atoms with Gasteiger partial charge in [0.15, 0.2) is 5.78 Å². The first-order valence-corrected chi connectivity index (χ1v) is 4.93. The minimum atomic E-state index is -0.135. The summed E-state index contributed by atoms with van der Waals surface area (Å²) in [7, 11) is 0. The van der Waals surface area contributed by atoms with Crippen molar-refractivity contribution in [3.63, 3.8) is 0 Å². The quantitative estimate of drug-likeness (QED) is 0.642. The van der Waals surface area contributed by atoms with Crippen molar-refractivity contribution >= 4 is 5.78 Å². The summed E-state index contributed by atoms with van der Waals surface area (Å²) in [6, 6.07) is 0. The van der Waals surface area contributed by atoms with Gasteiger partial charge in [0.2, 0.25) is 0 Å². The molecular formula is C10H19NO. The Bertz CT molecular complexity index is 179. The van der Waals surface area contributed by atoms with Gasteiger partial charge in [-0.25, -0.2) is 0 Å². The maximum Gasteiger partial charge on any atom is 0.152 e. The predicted molar refractivity (Wildman–Crippen MR) is 50.2 cm³/mol. The number of carbonyl (C=O) groups excluding carboxylic acids is 1. The Labute approximate surface area is 74.9 Å². The average Bonchev–Trinajstić information content (AvgIpc) is 2.46. The van der Waals surface area contributed by atoms with Crippen molar-refractivity contribution in [2.24, 2.45) is 0 Å². The molecule has 0 spiro atoms. The molecule has 12 heavy (non-hydrogen) atoms. The van der Waals surface area contributed by atoms with E-state index in [0.29, 0.717) is 12.2 Å². The number of carbonyl (C=O) groups is 1. The SMILES string of the molecule is CCC(=O)C1(C)CCCN1CC. The van der Waals surface area contributed by atoms with Gasteiger partial charge in [-0.1, -0.05) is 13.8 Å². The highest BCUT2D eigenvalue weighted by atomic mass is 16.1. The maximum atomic E-state index is 11.7. The first kappa shape index (κ1) is 9.72. The fraction of sp³-hybridized carbons (Fsp3) is 0.900. The lowest BCUT2D eigenvalue weighted by molar-refractivity contribution is -0.128. The van der Waals surface area contributed by atoms with Gasteiger partial charge in [-0.05, 0) is 32.9 Å². The largest absolute Gasteiger partial charge is 0.298 e. The lowest BCUT2D eigenvalue weighted by Gasteiger charge is -2.32. The van der Waals surface area contributed by atoms with Crippen molar-refractivity contribution in [2.45, 2.75) is 45.6 Å². The van der Waals surface area contributed by atoms with Crippen LogP contribution in [-0.2, 0) is 4.79 Å². The number of rotatable bonds is 3. The van der Waals surface area contributed by atoms with Crippen molar-refractivity contribution in [2.75, 3.05) is 13.1 Å². The van der Waals surface area contributed by atoms with E-state index in [2.05, 4.69) is 18.7 Å². The summed E-state index contributed by atoms with van der Waals surface area (Å²) in [5, 5.41) is 0. The van der Waals surface area contributed by atoms with Gasteiger partial charge in [-0.15, -0.1) is 0 Å². The van der Waals surface area contributed by atoms with Gasteiger partial charge in [-0.3, -0.25) is 9.69 Å². The van der Waals surface area contributed by atoms with Gasteiger partial charge >= 0.3 is 0 Å². The molecule has 1 heterocycles. The molecule has 0 radical (unpaired) electrons. The zero-order chi connectivity index (χ0) is 9.19. The van der Waals surface area contributed by atoms with E-state index in [9.17, 15) is 4.79 Å². The molecule has 1 atom stereocenters. The van der Waals surface area contributed by atoms with Gasteiger partial charge in [0.05, 0.1) is 5.54 Å². The van der Waals surface area contributed by atoms with Crippen LogP contribution in [-0.4, -0.2) is 29.3 Å². The first-order chi connectivity index (χ1) is 5.65. The Hall–Kier alpha value is -0.370. The van der Waals surface area contributed by atoms with Crippen LogP contribution < -0.4 is 0 Å². The van der Waals surface area contributed by atoms with E-state index in [4.69, 9.17) is 0 Å². The van der Waals surface area contributed by atoms with Crippen LogP contribution in [0.3, 0.4) is 0 Å². The van der Waals surface area contributed by atoms with Crippen molar-refractivity contribution in [3.05, 3.63) is 0 Å². The molecule has 2 nitrogen and oxygen atoms in total. The molecule has 70 valence electrons. The maximum absolute atomic E-state index is 11.7. The van der Waals surface area contributed by atoms with E-state index >= 15 is 0 Å². The van der Waals surface area contributed by atoms with Gasteiger partial charge in [0.1, 0.15) is 0 Å². The second kappa shape index (κ2) is 3.56. The second-order valence-corrected chi connectivity index (χ2v) is 3.73. The molecule has 1 rings (SSSR count). The zero-order valence-electron chi connectivity index (χ0n) is 8.39. The van der Waals surface area contributed by atoms with E-state index in [0.717, 1.165) is 19.5 Å². The highest BCUT2D eigenvalue weighted by molar-refractivity contribution is 5.88. The van der Waals surface area contributed by atoms with Crippen molar-refractivity contribution in [1.82, 2.24) is 4.90 Å². The summed E-state index contributed by atoms with van der Waals surface area (Å²) >= 11 is 0. The lowest BCUT2D eigenvalue weighted by atomic mass is 9.92. The normalized spacial score (nSPS) is 30.9. The van der Waals surface area contributed by atoms with Gasteiger partial charge in [-0.2, -0.15) is 0 Å². The number of likely N-dealkylation sites (tertiary alicyclic amines) is 1. The number of hydrogen-bond acceptors (Lipinski definition) is 2. The van der Waals surface area contributed by atoms with Gasteiger partial charge in [0.25, 0.3) is 0 Å². The van der Waals surface area contributed by atoms with E-state index in [1.54, 1.807) is 0 Å². The molecule has 0 saturated carbocycles. The summed E-state index contributed by atoms with van der Waals surface area (Å²) in [4.78, 5) is 14.0. The van der Waals surface area contributed by atoms with Crippen LogP contribution in [0.4, 0.5) is 0 Å². The first-order valence-electron chi connectivity index (χ1n) is 4.93. The Kier molecular flexibility index (Phi) is 2.89. The molecule has 1 unspecified atom stereocenters. The van der Waals surface area contributed by atoms with Crippen LogP contribution in [0.2, 0.25) is 0 Å². The topological polar surface area (TPSA) is 20.3 Å². The van der Waals surface area contributed by atoms with Crippen LogP contribution in [0, 0.1) is 0 Å². The third-order valence-electron chi connectivity index (χ3n) is 3.09. The predicted octanol–water partition coefficient (Wildman–Crippen LogP) is 1.84. The molecule has 0 aromatic heterocycles. The molecule has 1 aliphatic rings. The average molecular weight is 169 g/mol. The van der Waals surface area contributed by atoms with Crippen molar-refractivity contribution < 1.29 is 4.79 Å². The minimum Gasteiger partial charge on any atom is -0.298 e. The monoisotopic (exact) mass is 169 g/mol. The smallest absolute Gasteiger partial charge is 0.152 e. The van der Waals surface area contributed by atoms with Crippen LogP contribution in [0.1, 0.15) is 40.0 Å². The fourth-order valence-electron chi connectivity index (χ4n) is 2.22. The minimum absolute atomic E-state index is 0.135. The highest BCUT2D eigenvalue weighted by Crippen LogP contribution is 2.30. The highest BCUT2D eigenvalue weighted by Gasteiger charge is 2.40. The van der Waals surface area contributed by atoms with Gasteiger partial charge < -0.3 is 0 Å². The molecule has 0 aromatic carbocycles. The Morgan fingerprint density at radius 2 is 2.17 bits per heavy atom. The summed E-state index contributed by atoms with van der Waals surface area (Å²) in [5.41, 5.74) is -0.135. The van der Waals surface area contributed by atoms with Crippen molar-refractivity contribution in [1.29, 1.82) is 0 Å².